The van der Waals surface area contributed by atoms with Crippen LogP contribution in [0.3, 0.4) is 0 Å². The van der Waals surface area contributed by atoms with Crippen molar-refractivity contribution in [2.75, 3.05) is 11.9 Å². The Balaban J connectivity index is 1.86. The highest BCUT2D eigenvalue weighted by Crippen LogP contribution is 2.23. The smallest absolute Gasteiger partial charge is 0.202 e. The van der Waals surface area contributed by atoms with E-state index in [1.165, 1.54) is 22.0 Å². The van der Waals surface area contributed by atoms with Crippen molar-refractivity contribution in [1.82, 2.24) is 9.36 Å². The SMILES string of the molecule is CCCNc1nc(CSc2ccc(C)cc2)ns1. The average molecular weight is 279 g/mol. The van der Waals surface area contributed by atoms with Gasteiger partial charge in [-0.2, -0.15) is 4.37 Å². The van der Waals surface area contributed by atoms with Crippen LogP contribution in [0, 0.1) is 6.92 Å². The van der Waals surface area contributed by atoms with Crippen LogP contribution < -0.4 is 5.32 Å². The number of aryl methyl sites for hydroxylation is 1. The third-order valence-corrected chi connectivity index (χ3v) is 4.10. The van der Waals surface area contributed by atoms with Gasteiger partial charge in [0.25, 0.3) is 0 Å². The highest BCUT2D eigenvalue weighted by molar-refractivity contribution is 7.98. The summed E-state index contributed by atoms with van der Waals surface area (Å²) in [4.78, 5) is 5.72. The van der Waals surface area contributed by atoms with E-state index in [1.54, 1.807) is 11.8 Å². The predicted molar refractivity (Wildman–Crippen MR) is 79.4 cm³/mol. The summed E-state index contributed by atoms with van der Waals surface area (Å²) in [5.74, 6) is 1.73. The molecule has 0 unspecified atom stereocenters. The highest BCUT2D eigenvalue weighted by atomic mass is 32.2. The first-order valence-corrected chi connectivity index (χ1v) is 7.79. The van der Waals surface area contributed by atoms with Crippen molar-refractivity contribution in [1.29, 1.82) is 0 Å². The number of anilines is 1. The molecule has 0 bridgehead atoms. The summed E-state index contributed by atoms with van der Waals surface area (Å²) in [7, 11) is 0. The summed E-state index contributed by atoms with van der Waals surface area (Å²) in [5, 5.41) is 4.18. The van der Waals surface area contributed by atoms with Gasteiger partial charge in [-0.05, 0) is 25.5 Å². The quantitative estimate of drug-likeness (QED) is 0.812. The van der Waals surface area contributed by atoms with Crippen LogP contribution in [-0.2, 0) is 5.75 Å². The second-order valence-electron chi connectivity index (χ2n) is 4.04. The first kappa shape index (κ1) is 13.4. The highest BCUT2D eigenvalue weighted by Gasteiger charge is 2.04. The fraction of sp³-hybridized carbons (Fsp3) is 0.385. The molecular formula is C13H17N3S2. The van der Waals surface area contributed by atoms with Crippen molar-refractivity contribution in [3.8, 4) is 0 Å². The summed E-state index contributed by atoms with van der Waals surface area (Å²) >= 11 is 3.21. The fourth-order valence-electron chi connectivity index (χ4n) is 1.40. The monoisotopic (exact) mass is 279 g/mol. The summed E-state index contributed by atoms with van der Waals surface area (Å²) in [6, 6.07) is 8.54. The molecule has 3 nitrogen and oxygen atoms in total. The number of nitrogens with zero attached hydrogens (tertiary/aromatic N) is 2. The van der Waals surface area contributed by atoms with Crippen molar-refractivity contribution in [3.05, 3.63) is 35.7 Å². The molecule has 0 saturated carbocycles. The van der Waals surface area contributed by atoms with Gasteiger partial charge in [-0.15, -0.1) is 11.8 Å². The average Bonchev–Trinajstić information content (AvgIpc) is 2.84. The fourth-order valence-corrected chi connectivity index (χ4v) is 2.84. The first-order valence-electron chi connectivity index (χ1n) is 6.04. The van der Waals surface area contributed by atoms with Crippen LogP contribution in [0.15, 0.2) is 29.2 Å². The number of benzene rings is 1. The summed E-state index contributed by atoms with van der Waals surface area (Å²) in [6.07, 6.45) is 1.10. The van der Waals surface area contributed by atoms with Gasteiger partial charge in [0.05, 0.1) is 5.75 Å². The van der Waals surface area contributed by atoms with E-state index in [4.69, 9.17) is 0 Å². The standard InChI is InChI=1S/C13H17N3S2/c1-3-8-14-13-15-12(16-18-13)9-17-11-6-4-10(2)5-7-11/h4-7H,3,8-9H2,1-2H3,(H,14,15,16). The van der Waals surface area contributed by atoms with Crippen molar-refractivity contribution < 1.29 is 0 Å². The van der Waals surface area contributed by atoms with E-state index in [9.17, 15) is 0 Å². The Hall–Kier alpha value is -1.07. The van der Waals surface area contributed by atoms with E-state index >= 15 is 0 Å². The Bertz CT molecular complexity index is 479. The van der Waals surface area contributed by atoms with Crippen molar-refractivity contribution in [2.24, 2.45) is 0 Å². The molecule has 18 heavy (non-hydrogen) atoms. The van der Waals surface area contributed by atoms with Gasteiger partial charge < -0.3 is 5.32 Å². The third-order valence-electron chi connectivity index (χ3n) is 2.38. The molecule has 5 heteroatoms. The molecule has 0 aliphatic heterocycles. The van der Waals surface area contributed by atoms with E-state index in [0.29, 0.717) is 0 Å². The van der Waals surface area contributed by atoms with Crippen LogP contribution in [-0.4, -0.2) is 15.9 Å². The molecule has 2 aromatic rings. The lowest BCUT2D eigenvalue weighted by atomic mass is 10.2. The number of thioether (sulfide) groups is 1. The minimum Gasteiger partial charge on any atom is -0.360 e. The molecule has 1 N–H and O–H groups in total. The Morgan fingerprint density at radius 3 is 2.78 bits per heavy atom. The zero-order valence-electron chi connectivity index (χ0n) is 10.6. The molecule has 0 fully saturated rings. The Kier molecular flexibility index (Phi) is 5.01. The van der Waals surface area contributed by atoms with Gasteiger partial charge >= 0.3 is 0 Å². The van der Waals surface area contributed by atoms with Gasteiger partial charge in [0.15, 0.2) is 5.82 Å². The van der Waals surface area contributed by atoms with Gasteiger partial charge in [0, 0.05) is 23.0 Å². The number of nitrogens with one attached hydrogen (secondary N) is 1. The molecule has 96 valence electrons. The predicted octanol–water partition coefficient (Wildman–Crippen LogP) is 3.96. The van der Waals surface area contributed by atoms with Gasteiger partial charge in [-0.25, -0.2) is 4.98 Å². The molecule has 0 saturated heterocycles. The molecule has 2 rings (SSSR count). The Labute approximate surface area is 116 Å². The molecule has 1 heterocycles. The molecule has 0 spiro atoms. The number of hydrogen-bond donors (Lipinski definition) is 1. The number of rotatable bonds is 6. The van der Waals surface area contributed by atoms with Crippen LogP contribution in [0.2, 0.25) is 0 Å². The van der Waals surface area contributed by atoms with E-state index in [-0.39, 0.29) is 0 Å². The number of aromatic nitrogens is 2. The Morgan fingerprint density at radius 2 is 2.06 bits per heavy atom. The molecule has 0 atom stereocenters. The van der Waals surface area contributed by atoms with Gasteiger partial charge in [-0.1, -0.05) is 24.6 Å². The molecule has 0 radical (unpaired) electrons. The zero-order chi connectivity index (χ0) is 12.8. The van der Waals surface area contributed by atoms with E-state index in [0.717, 1.165) is 29.7 Å². The van der Waals surface area contributed by atoms with Gasteiger partial charge in [-0.3, -0.25) is 0 Å². The summed E-state index contributed by atoms with van der Waals surface area (Å²) in [6.45, 7) is 5.20. The van der Waals surface area contributed by atoms with Crippen LogP contribution >= 0.6 is 23.3 Å². The van der Waals surface area contributed by atoms with E-state index in [2.05, 4.69) is 52.8 Å². The van der Waals surface area contributed by atoms with Gasteiger partial charge in [0.2, 0.25) is 5.13 Å². The third kappa shape index (κ3) is 3.99. The molecule has 0 aliphatic rings. The Morgan fingerprint density at radius 1 is 1.28 bits per heavy atom. The molecule has 0 amide bonds. The van der Waals surface area contributed by atoms with Crippen molar-refractivity contribution >= 4 is 28.4 Å². The first-order chi connectivity index (χ1) is 8.78. The van der Waals surface area contributed by atoms with Crippen LogP contribution in [0.4, 0.5) is 5.13 Å². The van der Waals surface area contributed by atoms with Crippen LogP contribution in [0.5, 0.6) is 0 Å². The maximum absolute atomic E-state index is 4.46. The summed E-state index contributed by atoms with van der Waals surface area (Å²) in [5.41, 5.74) is 1.29. The van der Waals surface area contributed by atoms with Gasteiger partial charge in [0.1, 0.15) is 0 Å². The minimum atomic E-state index is 0.827. The largest absolute Gasteiger partial charge is 0.360 e. The minimum absolute atomic E-state index is 0.827. The molecule has 0 aliphatic carbocycles. The second kappa shape index (κ2) is 6.75. The van der Waals surface area contributed by atoms with E-state index < -0.39 is 0 Å². The maximum atomic E-state index is 4.46. The lowest BCUT2D eigenvalue weighted by Crippen LogP contribution is -1.98. The maximum Gasteiger partial charge on any atom is 0.202 e. The van der Waals surface area contributed by atoms with Crippen LogP contribution in [0.25, 0.3) is 0 Å². The summed E-state index contributed by atoms with van der Waals surface area (Å²) < 4.78 is 4.35. The molecule has 1 aromatic heterocycles. The normalized spacial score (nSPS) is 10.6. The zero-order valence-corrected chi connectivity index (χ0v) is 12.3. The second-order valence-corrected chi connectivity index (χ2v) is 5.84. The lowest BCUT2D eigenvalue weighted by Gasteiger charge is -1.99. The molecular weight excluding hydrogens is 262 g/mol. The van der Waals surface area contributed by atoms with Crippen LogP contribution in [0.1, 0.15) is 24.7 Å². The topological polar surface area (TPSA) is 37.8 Å². The number of hydrogen-bond acceptors (Lipinski definition) is 5. The molecule has 1 aromatic carbocycles. The van der Waals surface area contributed by atoms with E-state index in [1.807, 2.05) is 0 Å². The lowest BCUT2D eigenvalue weighted by molar-refractivity contribution is 0.972. The van der Waals surface area contributed by atoms with Crippen molar-refractivity contribution in [3.63, 3.8) is 0 Å². The van der Waals surface area contributed by atoms with Crippen molar-refractivity contribution in [2.45, 2.75) is 30.9 Å².